The molecule has 0 unspecified atom stereocenters. The van der Waals surface area contributed by atoms with Gasteiger partial charge in [0.2, 0.25) is 0 Å². The van der Waals surface area contributed by atoms with E-state index in [1.807, 2.05) is 0 Å². The number of methoxy groups -OCH3 is 1. The number of nitro groups is 1. The van der Waals surface area contributed by atoms with Crippen molar-refractivity contribution >= 4 is 40.3 Å². The Bertz CT molecular complexity index is 1520. The van der Waals surface area contributed by atoms with Gasteiger partial charge in [0.05, 0.1) is 40.2 Å². The Kier molecular flexibility index (Phi) is 5.75. The van der Waals surface area contributed by atoms with Gasteiger partial charge in [0.1, 0.15) is 0 Å². The molecule has 10 nitrogen and oxygen atoms in total. The molecule has 3 aromatic carbocycles. The Morgan fingerprint density at radius 3 is 2.53 bits per heavy atom. The molecule has 10 heteroatoms. The predicted molar refractivity (Wildman–Crippen MR) is 135 cm³/mol. The van der Waals surface area contributed by atoms with Crippen LogP contribution in [-0.2, 0) is 0 Å². The van der Waals surface area contributed by atoms with Crippen LogP contribution < -0.4 is 20.7 Å². The fourth-order valence-corrected chi connectivity index (χ4v) is 3.90. The zero-order valence-electron chi connectivity index (χ0n) is 18.9. The summed E-state index contributed by atoms with van der Waals surface area (Å²) in [4.78, 5) is 40.1. The number of carbonyl (C=O) groups is 2. The van der Waals surface area contributed by atoms with Crippen LogP contribution >= 0.6 is 0 Å². The first-order valence-electron chi connectivity index (χ1n) is 10.8. The number of benzene rings is 3. The number of anilines is 4. The number of pyridine rings is 1. The van der Waals surface area contributed by atoms with Crippen molar-refractivity contribution in [1.82, 2.24) is 4.98 Å². The average Bonchev–Trinajstić information content (AvgIpc) is 3.03. The molecule has 0 bridgehead atoms. The van der Waals surface area contributed by atoms with Crippen molar-refractivity contribution in [2.75, 3.05) is 23.1 Å². The topological polar surface area (TPSA) is 135 Å². The van der Waals surface area contributed by atoms with Crippen LogP contribution in [0.3, 0.4) is 0 Å². The smallest absolute Gasteiger partial charge is 0.310 e. The molecule has 0 fully saturated rings. The Hall–Kier alpha value is -5.25. The molecule has 2 amide bonds. The molecule has 3 N–H and O–H groups in total. The number of nitrogens with one attached hydrogen (secondary N) is 3. The van der Waals surface area contributed by atoms with E-state index in [1.54, 1.807) is 66.9 Å². The number of rotatable bonds is 5. The van der Waals surface area contributed by atoms with E-state index in [0.29, 0.717) is 39.4 Å². The number of carbonyl (C=O) groups excluding carboxylic acids is 2. The SMILES string of the molecule is COc1cc(-c2ccc3c(c2)Nc2ccc(NC(=O)c4cccnc4)cc2NC3=O)ccc1[N+](=O)[O-]. The second-order valence-corrected chi connectivity index (χ2v) is 7.94. The predicted octanol–water partition coefficient (Wildman–Crippen LogP) is 5.23. The number of ether oxygens (including phenoxy) is 1. The largest absolute Gasteiger partial charge is 0.490 e. The minimum Gasteiger partial charge on any atom is -0.490 e. The van der Waals surface area contributed by atoms with E-state index in [-0.39, 0.29) is 23.3 Å². The molecule has 0 saturated heterocycles. The fraction of sp³-hybridized carbons (Fsp3) is 0.0385. The van der Waals surface area contributed by atoms with Crippen LogP contribution in [0.5, 0.6) is 5.75 Å². The number of nitrogens with zero attached hydrogens (tertiary/aromatic N) is 2. The maximum atomic E-state index is 12.9. The van der Waals surface area contributed by atoms with Crippen molar-refractivity contribution < 1.29 is 19.2 Å². The zero-order valence-corrected chi connectivity index (χ0v) is 18.9. The van der Waals surface area contributed by atoms with Crippen molar-refractivity contribution in [2.45, 2.75) is 0 Å². The molecular weight excluding hydrogens is 462 g/mol. The van der Waals surface area contributed by atoms with Gasteiger partial charge in [-0.2, -0.15) is 0 Å². The minimum absolute atomic E-state index is 0.131. The molecule has 0 atom stereocenters. The third-order valence-corrected chi connectivity index (χ3v) is 5.69. The maximum absolute atomic E-state index is 12.9. The van der Waals surface area contributed by atoms with Crippen LogP contribution in [0.4, 0.5) is 28.4 Å². The van der Waals surface area contributed by atoms with E-state index in [2.05, 4.69) is 20.9 Å². The molecule has 0 saturated carbocycles. The number of aromatic nitrogens is 1. The summed E-state index contributed by atoms with van der Waals surface area (Å²) in [6.07, 6.45) is 3.05. The van der Waals surface area contributed by atoms with Crippen LogP contribution in [0.1, 0.15) is 20.7 Å². The Labute approximate surface area is 205 Å². The monoisotopic (exact) mass is 481 g/mol. The Morgan fingerprint density at radius 1 is 0.972 bits per heavy atom. The van der Waals surface area contributed by atoms with E-state index < -0.39 is 4.92 Å². The van der Waals surface area contributed by atoms with Gasteiger partial charge < -0.3 is 20.7 Å². The summed E-state index contributed by atoms with van der Waals surface area (Å²) in [5.41, 5.74) is 4.35. The quantitative estimate of drug-likeness (QED) is 0.262. The molecule has 2 heterocycles. The number of hydrogen-bond donors (Lipinski definition) is 3. The summed E-state index contributed by atoms with van der Waals surface area (Å²) >= 11 is 0. The normalized spacial score (nSPS) is 11.8. The van der Waals surface area contributed by atoms with Crippen LogP contribution in [-0.4, -0.2) is 28.8 Å². The van der Waals surface area contributed by atoms with Gasteiger partial charge in [0.15, 0.2) is 5.75 Å². The van der Waals surface area contributed by atoms with E-state index in [1.165, 1.54) is 19.4 Å². The summed E-state index contributed by atoms with van der Waals surface area (Å²) in [6, 6.07) is 18.3. The van der Waals surface area contributed by atoms with Crippen molar-refractivity contribution in [3.8, 4) is 16.9 Å². The lowest BCUT2D eigenvalue weighted by Crippen LogP contribution is -2.13. The second kappa shape index (κ2) is 9.18. The summed E-state index contributed by atoms with van der Waals surface area (Å²) in [6.45, 7) is 0. The second-order valence-electron chi connectivity index (χ2n) is 7.94. The van der Waals surface area contributed by atoms with Gasteiger partial charge in [0.25, 0.3) is 11.8 Å². The molecule has 36 heavy (non-hydrogen) atoms. The highest BCUT2D eigenvalue weighted by Crippen LogP contribution is 2.38. The highest BCUT2D eigenvalue weighted by Gasteiger charge is 2.21. The molecule has 0 radical (unpaired) electrons. The first-order valence-corrected chi connectivity index (χ1v) is 10.8. The average molecular weight is 481 g/mol. The first kappa shape index (κ1) is 22.5. The zero-order chi connectivity index (χ0) is 25.2. The van der Waals surface area contributed by atoms with Crippen LogP contribution in [0, 0.1) is 10.1 Å². The number of fused-ring (bicyclic) bond motifs is 2. The molecule has 1 aromatic heterocycles. The summed E-state index contributed by atoms with van der Waals surface area (Å²) in [5, 5.41) is 20.2. The highest BCUT2D eigenvalue weighted by molar-refractivity contribution is 6.13. The van der Waals surface area contributed by atoms with Gasteiger partial charge in [-0.1, -0.05) is 6.07 Å². The molecule has 1 aliphatic heterocycles. The van der Waals surface area contributed by atoms with E-state index >= 15 is 0 Å². The highest BCUT2D eigenvalue weighted by atomic mass is 16.6. The van der Waals surface area contributed by atoms with Gasteiger partial charge in [0, 0.05) is 24.1 Å². The van der Waals surface area contributed by atoms with E-state index in [9.17, 15) is 19.7 Å². The fourth-order valence-electron chi connectivity index (χ4n) is 3.90. The van der Waals surface area contributed by atoms with Gasteiger partial charge in [-0.3, -0.25) is 24.7 Å². The lowest BCUT2D eigenvalue weighted by molar-refractivity contribution is -0.385. The van der Waals surface area contributed by atoms with Gasteiger partial charge in [-0.25, -0.2) is 0 Å². The van der Waals surface area contributed by atoms with Crippen molar-refractivity contribution in [3.05, 3.63) is 100 Å². The summed E-state index contributed by atoms with van der Waals surface area (Å²) in [5.74, 6) is -0.494. The van der Waals surface area contributed by atoms with E-state index in [0.717, 1.165) is 5.56 Å². The third-order valence-electron chi connectivity index (χ3n) is 5.69. The lowest BCUT2D eigenvalue weighted by Gasteiger charge is -2.12. The summed E-state index contributed by atoms with van der Waals surface area (Å²) in [7, 11) is 1.37. The molecule has 4 aromatic rings. The summed E-state index contributed by atoms with van der Waals surface area (Å²) < 4.78 is 5.18. The molecular formula is C26H19N5O5. The first-order chi connectivity index (χ1) is 17.4. The molecule has 1 aliphatic rings. The third kappa shape index (κ3) is 4.30. The maximum Gasteiger partial charge on any atom is 0.310 e. The molecule has 5 rings (SSSR count). The van der Waals surface area contributed by atoms with Crippen molar-refractivity contribution in [3.63, 3.8) is 0 Å². The standard InChI is InChI=1S/C26H19N5O5/c1-36-24-12-16(5-9-23(24)31(34)35)15-4-7-19-21(11-15)29-20-8-6-18(13-22(20)30-26(19)33)28-25(32)17-3-2-10-27-14-17/h2-14,29H,1H3,(H,28,32)(H,30,33). The lowest BCUT2D eigenvalue weighted by atomic mass is 10.0. The Balaban J connectivity index is 1.44. The van der Waals surface area contributed by atoms with E-state index in [4.69, 9.17) is 4.74 Å². The van der Waals surface area contributed by atoms with Gasteiger partial charge in [-0.05, 0) is 65.7 Å². The molecule has 178 valence electrons. The van der Waals surface area contributed by atoms with Crippen LogP contribution in [0.25, 0.3) is 11.1 Å². The van der Waals surface area contributed by atoms with Crippen molar-refractivity contribution in [1.29, 1.82) is 0 Å². The van der Waals surface area contributed by atoms with Gasteiger partial charge >= 0.3 is 5.69 Å². The number of hydrogen-bond acceptors (Lipinski definition) is 7. The number of amides is 2. The minimum atomic E-state index is -0.504. The number of nitro benzene ring substituents is 1. The van der Waals surface area contributed by atoms with Crippen LogP contribution in [0.15, 0.2) is 79.1 Å². The Morgan fingerprint density at radius 2 is 1.78 bits per heavy atom. The van der Waals surface area contributed by atoms with Crippen molar-refractivity contribution in [2.24, 2.45) is 0 Å². The van der Waals surface area contributed by atoms with Crippen LogP contribution in [0.2, 0.25) is 0 Å². The molecule has 0 spiro atoms. The van der Waals surface area contributed by atoms with Gasteiger partial charge in [-0.15, -0.1) is 0 Å². The molecule has 0 aliphatic carbocycles.